The summed E-state index contributed by atoms with van der Waals surface area (Å²) in [5.74, 6) is 0.726. The van der Waals surface area contributed by atoms with Gasteiger partial charge in [-0.25, -0.2) is 14.4 Å². The number of aromatic nitrogens is 3. The van der Waals surface area contributed by atoms with Gasteiger partial charge in [0.1, 0.15) is 5.82 Å². The van der Waals surface area contributed by atoms with Gasteiger partial charge in [-0.05, 0) is 43.5 Å². The normalized spacial score (nSPS) is 22.8. The first-order chi connectivity index (χ1) is 12.7. The third kappa shape index (κ3) is 3.29. The average molecular weight is 357 g/mol. The van der Waals surface area contributed by atoms with E-state index in [1.807, 2.05) is 6.07 Å². The van der Waals surface area contributed by atoms with Gasteiger partial charge in [0.25, 0.3) is 0 Å². The van der Waals surface area contributed by atoms with Crippen LogP contribution in [0.15, 0.2) is 36.9 Å². The third-order valence-corrected chi connectivity index (χ3v) is 5.97. The fraction of sp³-hybridized carbons (Fsp3) is 0.526. The van der Waals surface area contributed by atoms with Crippen LogP contribution in [0.4, 0.5) is 10.3 Å². The molecule has 2 aliphatic heterocycles. The molecule has 7 heteroatoms. The van der Waals surface area contributed by atoms with Crippen molar-refractivity contribution in [2.75, 3.05) is 37.7 Å². The van der Waals surface area contributed by atoms with Crippen molar-refractivity contribution in [1.82, 2.24) is 19.9 Å². The van der Waals surface area contributed by atoms with Gasteiger partial charge in [-0.2, -0.15) is 0 Å². The average Bonchev–Trinajstić information content (AvgIpc) is 3.04. The summed E-state index contributed by atoms with van der Waals surface area (Å²) in [4.78, 5) is 17.0. The van der Waals surface area contributed by atoms with E-state index in [0.29, 0.717) is 12.1 Å². The van der Waals surface area contributed by atoms with Crippen LogP contribution in [-0.4, -0.2) is 57.7 Å². The number of hydrogen-bond acceptors (Lipinski definition) is 6. The molecule has 0 aliphatic carbocycles. The summed E-state index contributed by atoms with van der Waals surface area (Å²) >= 11 is 0. The van der Waals surface area contributed by atoms with Gasteiger partial charge in [0.05, 0.1) is 6.20 Å². The number of aliphatic hydroxyl groups is 1. The molecule has 0 saturated carbocycles. The molecule has 1 unspecified atom stereocenters. The minimum absolute atomic E-state index is 0.0846. The van der Waals surface area contributed by atoms with E-state index in [-0.39, 0.29) is 23.8 Å². The number of piperidine rings is 1. The van der Waals surface area contributed by atoms with E-state index in [4.69, 9.17) is 0 Å². The number of likely N-dealkylation sites (tertiary alicyclic amines) is 1. The minimum Gasteiger partial charge on any atom is -0.396 e. The minimum atomic E-state index is -0.241. The molecule has 0 radical (unpaired) electrons. The van der Waals surface area contributed by atoms with Crippen molar-refractivity contribution in [3.63, 3.8) is 0 Å². The van der Waals surface area contributed by atoms with E-state index in [1.54, 1.807) is 24.7 Å². The molecule has 2 aromatic rings. The lowest BCUT2D eigenvalue weighted by atomic mass is 9.71. The first-order valence-electron chi connectivity index (χ1n) is 9.14. The second kappa shape index (κ2) is 7.25. The van der Waals surface area contributed by atoms with Crippen molar-refractivity contribution in [2.45, 2.75) is 19.4 Å². The van der Waals surface area contributed by atoms with Gasteiger partial charge in [0, 0.05) is 56.3 Å². The van der Waals surface area contributed by atoms with Crippen molar-refractivity contribution in [1.29, 1.82) is 0 Å². The summed E-state index contributed by atoms with van der Waals surface area (Å²) in [5.41, 5.74) is 0.779. The Morgan fingerprint density at radius 3 is 2.65 bits per heavy atom. The zero-order valence-corrected chi connectivity index (χ0v) is 14.8. The number of halogens is 1. The Kier molecular flexibility index (Phi) is 4.82. The quantitative estimate of drug-likeness (QED) is 0.899. The molecule has 4 rings (SSSR count). The largest absolute Gasteiger partial charge is 0.396 e. The summed E-state index contributed by atoms with van der Waals surface area (Å²) in [6.07, 6.45) is 8.42. The van der Waals surface area contributed by atoms with E-state index < -0.39 is 0 Å². The molecule has 1 N–H and O–H groups in total. The van der Waals surface area contributed by atoms with Crippen molar-refractivity contribution >= 4 is 5.95 Å². The van der Waals surface area contributed by atoms with Crippen LogP contribution in [0.5, 0.6) is 0 Å². The van der Waals surface area contributed by atoms with Crippen molar-refractivity contribution in [2.24, 2.45) is 11.3 Å². The molecule has 4 heterocycles. The zero-order chi connectivity index (χ0) is 18.0. The SMILES string of the molecule is OCC1CN(c2ncccn2)CC12CCN(Cc1ccncc1F)CC2. The first-order valence-corrected chi connectivity index (χ1v) is 9.14. The smallest absolute Gasteiger partial charge is 0.225 e. The summed E-state index contributed by atoms with van der Waals surface area (Å²) in [6.45, 7) is 4.27. The predicted molar refractivity (Wildman–Crippen MR) is 96.0 cm³/mol. The first kappa shape index (κ1) is 17.3. The molecular formula is C19H24FN5O. The molecule has 0 bridgehead atoms. The highest BCUT2D eigenvalue weighted by Gasteiger charge is 2.48. The molecular weight excluding hydrogens is 333 g/mol. The molecule has 26 heavy (non-hydrogen) atoms. The van der Waals surface area contributed by atoms with Crippen LogP contribution in [0, 0.1) is 17.2 Å². The van der Waals surface area contributed by atoms with Gasteiger partial charge >= 0.3 is 0 Å². The molecule has 2 fully saturated rings. The van der Waals surface area contributed by atoms with Gasteiger partial charge < -0.3 is 10.0 Å². The maximum atomic E-state index is 13.9. The Morgan fingerprint density at radius 1 is 1.19 bits per heavy atom. The van der Waals surface area contributed by atoms with Crippen LogP contribution < -0.4 is 4.90 Å². The van der Waals surface area contributed by atoms with Crippen LogP contribution >= 0.6 is 0 Å². The monoisotopic (exact) mass is 357 g/mol. The molecule has 0 aromatic carbocycles. The number of hydrogen-bond donors (Lipinski definition) is 1. The highest BCUT2D eigenvalue weighted by molar-refractivity contribution is 5.33. The Morgan fingerprint density at radius 2 is 1.96 bits per heavy atom. The second-order valence-electron chi connectivity index (χ2n) is 7.41. The topological polar surface area (TPSA) is 65.4 Å². The molecule has 0 amide bonds. The highest BCUT2D eigenvalue weighted by atomic mass is 19.1. The van der Waals surface area contributed by atoms with Gasteiger partial charge in [0.15, 0.2) is 0 Å². The fourth-order valence-electron chi connectivity index (χ4n) is 4.39. The van der Waals surface area contributed by atoms with E-state index in [1.165, 1.54) is 6.20 Å². The molecule has 2 saturated heterocycles. The van der Waals surface area contributed by atoms with Crippen LogP contribution in [0.25, 0.3) is 0 Å². The number of pyridine rings is 1. The maximum Gasteiger partial charge on any atom is 0.225 e. The van der Waals surface area contributed by atoms with Crippen LogP contribution in [0.1, 0.15) is 18.4 Å². The summed E-state index contributed by atoms with van der Waals surface area (Å²) in [5, 5.41) is 9.95. The number of aliphatic hydroxyl groups excluding tert-OH is 1. The molecule has 2 aliphatic rings. The molecule has 138 valence electrons. The fourth-order valence-corrected chi connectivity index (χ4v) is 4.39. The van der Waals surface area contributed by atoms with Crippen LogP contribution in [-0.2, 0) is 6.54 Å². The van der Waals surface area contributed by atoms with Crippen LogP contribution in [0.2, 0.25) is 0 Å². The van der Waals surface area contributed by atoms with Crippen molar-refractivity contribution in [3.8, 4) is 0 Å². The number of nitrogens with zero attached hydrogens (tertiary/aromatic N) is 5. The van der Waals surface area contributed by atoms with Gasteiger partial charge in [-0.15, -0.1) is 0 Å². The molecule has 2 aromatic heterocycles. The Bertz CT molecular complexity index is 736. The molecule has 1 atom stereocenters. The maximum absolute atomic E-state index is 13.9. The summed E-state index contributed by atoms with van der Waals surface area (Å²) in [6, 6.07) is 3.57. The standard InChI is InChI=1S/C19H24FN5O/c20-17-10-21-7-2-15(17)11-24-8-3-19(4-9-24)14-25(12-16(19)13-26)18-22-5-1-6-23-18/h1-2,5-7,10,16,26H,3-4,8-9,11-14H2. The Balaban J connectivity index is 1.43. The lowest BCUT2D eigenvalue weighted by Gasteiger charge is -2.42. The Labute approximate surface area is 152 Å². The van der Waals surface area contributed by atoms with Crippen LogP contribution in [0.3, 0.4) is 0 Å². The zero-order valence-electron chi connectivity index (χ0n) is 14.8. The third-order valence-electron chi connectivity index (χ3n) is 5.97. The lowest BCUT2D eigenvalue weighted by Crippen LogP contribution is -2.44. The highest BCUT2D eigenvalue weighted by Crippen LogP contribution is 2.45. The van der Waals surface area contributed by atoms with Gasteiger partial charge in [-0.3, -0.25) is 9.88 Å². The van der Waals surface area contributed by atoms with Gasteiger partial charge in [-0.1, -0.05) is 0 Å². The van der Waals surface area contributed by atoms with Crippen molar-refractivity contribution < 1.29 is 9.50 Å². The lowest BCUT2D eigenvalue weighted by molar-refractivity contribution is 0.0503. The second-order valence-corrected chi connectivity index (χ2v) is 7.41. The number of anilines is 1. The van der Waals surface area contributed by atoms with E-state index in [0.717, 1.165) is 45.0 Å². The van der Waals surface area contributed by atoms with Gasteiger partial charge in [0.2, 0.25) is 5.95 Å². The number of rotatable bonds is 4. The van der Waals surface area contributed by atoms with E-state index >= 15 is 0 Å². The molecule has 6 nitrogen and oxygen atoms in total. The Hall–Kier alpha value is -2.12. The summed E-state index contributed by atoms with van der Waals surface area (Å²) < 4.78 is 13.9. The van der Waals surface area contributed by atoms with Crippen molar-refractivity contribution in [3.05, 3.63) is 48.3 Å². The van der Waals surface area contributed by atoms with E-state index in [9.17, 15) is 9.50 Å². The van der Waals surface area contributed by atoms with E-state index in [2.05, 4.69) is 24.8 Å². The summed E-state index contributed by atoms with van der Waals surface area (Å²) in [7, 11) is 0. The predicted octanol–water partition coefficient (Wildman–Crippen LogP) is 1.72. The molecule has 1 spiro atoms.